The Morgan fingerprint density at radius 1 is 0.272 bits per heavy atom. The van der Waals surface area contributed by atoms with Crippen LogP contribution >= 0.6 is 0 Å². The first-order valence-corrected chi connectivity index (χ1v) is 50.3. The number of carbonyl (C=O) groups is 10. The maximum atomic E-state index is 11.9. The van der Waals surface area contributed by atoms with E-state index in [1.165, 1.54) is 154 Å². The minimum atomic E-state index is -0.0876. The van der Waals surface area contributed by atoms with Crippen LogP contribution in [0.25, 0.3) is 0 Å². The lowest BCUT2D eigenvalue weighted by Gasteiger charge is -2.24. The minimum absolute atomic E-state index is 0.0840. The highest BCUT2D eigenvalue weighted by molar-refractivity contribution is 6.20. The third kappa shape index (κ3) is 22.6. The molecule has 10 fully saturated rings. The number of Topliss-reactive ketones (excluding diaryl/α,β-unsaturated/α-hetero) is 2. The summed E-state index contributed by atoms with van der Waals surface area (Å²) in [5, 5.41) is 0. The van der Waals surface area contributed by atoms with Crippen LogP contribution in [0.4, 0.5) is 0 Å². The molecular formula is C110H152N4O11. The SMILES string of the molecule is C1=CC2CC1CC2C1CC1.C1=CC2CC1CC2COCC1CC1.CC(=O)CCC1CC2C=CC1C2.CC(=O)CCC1CC2C=CC1C2.CC1=C(C)C(=O)N(CC2CC3C=CC2C3)C1=O.CC1=C(C)C(=O)N(CCCC2CC3C=CC2C3)C1=O.CC1=C(C)C(=O)N(CCCCC2CC3C=CC2C3)C1=O.CC1=C(C)C(=O)N(CCCCCCC2CC3C=CC2C3)C1=O. The van der Waals surface area contributed by atoms with Crippen molar-refractivity contribution in [3.05, 3.63) is 142 Å². The zero-order valence-electron chi connectivity index (χ0n) is 77.8. The first-order valence-electron chi connectivity index (χ1n) is 50.3. The van der Waals surface area contributed by atoms with Gasteiger partial charge in [0, 0.05) is 96.8 Å². The number of fused-ring (bicyclic) bond motifs is 16. The van der Waals surface area contributed by atoms with Crippen LogP contribution in [0.5, 0.6) is 0 Å². The van der Waals surface area contributed by atoms with Crippen molar-refractivity contribution in [2.45, 2.75) is 288 Å². The average molecular weight is 1710 g/mol. The number of amides is 8. The van der Waals surface area contributed by atoms with Crippen molar-refractivity contribution in [3.8, 4) is 0 Å². The molecule has 10 saturated carbocycles. The Hall–Kier alpha value is -7.26. The fourth-order valence-electron chi connectivity index (χ4n) is 26.2. The summed E-state index contributed by atoms with van der Waals surface area (Å²) >= 11 is 0. The fraction of sp³-hybridized carbons (Fsp3) is 0.691. The summed E-state index contributed by atoms with van der Waals surface area (Å²) in [4.78, 5) is 123. The molecule has 24 atom stereocenters. The summed E-state index contributed by atoms with van der Waals surface area (Å²) in [5.41, 5.74) is 4.95. The molecule has 22 rings (SSSR count). The Morgan fingerprint density at radius 3 is 0.824 bits per heavy atom. The van der Waals surface area contributed by atoms with E-state index < -0.39 is 0 Å². The number of unbranched alkanes of at least 4 members (excludes halogenated alkanes) is 4. The molecule has 0 saturated heterocycles. The minimum Gasteiger partial charge on any atom is -0.381 e. The van der Waals surface area contributed by atoms with Crippen molar-refractivity contribution in [1.82, 2.24) is 19.6 Å². The first-order chi connectivity index (χ1) is 60.2. The molecule has 24 unspecified atom stereocenters. The number of hydrogen-bond acceptors (Lipinski definition) is 11. The van der Waals surface area contributed by atoms with Crippen molar-refractivity contribution in [3.63, 3.8) is 0 Å². The van der Waals surface area contributed by atoms with Crippen LogP contribution in [0.1, 0.15) is 288 Å². The Kier molecular flexibility index (Phi) is 30.8. The average Bonchev–Trinajstić information content (AvgIpc) is 1.63. The normalized spacial score (nSPS) is 36.0. The summed E-state index contributed by atoms with van der Waals surface area (Å²) in [6, 6.07) is 0. The number of ketones is 2. The maximum absolute atomic E-state index is 11.9. The van der Waals surface area contributed by atoms with Crippen LogP contribution in [0, 0.1) is 154 Å². The van der Waals surface area contributed by atoms with Crippen molar-refractivity contribution in [1.29, 1.82) is 0 Å². The van der Waals surface area contributed by atoms with Crippen LogP contribution in [0.2, 0.25) is 0 Å². The standard InChI is InChI=1S/C19H27NO2.C17H23NO2.C16H21NO2.C14H17NO2.C12H18O.2C11H16O.C10H14/c1-13-14(2)19(22)20(18(13)21)10-6-4-3-5-7-16-11-15-8-9-17(16)12-15;1-11-12(2)17(20)18(16(11)19)8-4-3-5-14-9-13-6-7-15(14)10-13;1-10-11(2)16(19)17(15(10)18)7-3-4-13-8-12-5-6-14(13)9-12;1-8-9(2)14(17)15(13(8)16)7-12-6-10-3-4-11(12)5-10;1-2-9(1)7-13-8-12-6-10-3-4-11(12)5-10;2*1-8(12)2-4-10-6-9-3-5-11(10)7-9;1-2-9-5-7(1)6-10(9)8-3-4-8/h8-9,15-17H,3-7,10-12H2,1-2H3;6-7,13-15H,3-5,8-10H2,1-2H3;5-6,12-14H,3-4,7-9H2,1-2H3;3-4,10-12H,5-7H2,1-2H3;3-4,9-12H,1-2,5-8H2;2*3,5,9-11H,2,4,6-7H2,1H3;1-2,7-10H,3-6H2. The molecular weight excluding hydrogens is 1550 g/mol. The van der Waals surface area contributed by atoms with Gasteiger partial charge in [0.2, 0.25) is 0 Å². The molecule has 15 nitrogen and oxygen atoms in total. The van der Waals surface area contributed by atoms with E-state index in [9.17, 15) is 47.9 Å². The molecule has 0 N–H and O–H groups in total. The van der Waals surface area contributed by atoms with E-state index in [0.29, 0.717) is 100 Å². The molecule has 22 aliphatic rings. The predicted molar refractivity (Wildman–Crippen MR) is 493 cm³/mol. The van der Waals surface area contributed by atoms with Gasteiger partial charge in [-0.05, 0) is 403 Å². The Labute approximate surface area is 749 Å². The van der Waals surface area contributed by atoms with E-state index in [1.54, 1.807) is 82.1 Å². The Morgan fingerprint density at radius 2 is 0.536 bits per heavy atom. The van der Waals surface area contributed by atoms with E-state index in [2.05, 4.69) is 97.2 Å². The molecule has 8 amide bonds. The molecule has 18 aliphatic carbocycles. The van der Waals surface area contributed by atoms with Crippen LogP contribution < -0.4 is 0 Å². The van der Waals surface area contributed by atoms with Gasteiger partial charge >= 0.3 is 0 Å². The predicted octanol–water partition coefficient (Wildman–Crippen LogP) is 21.9. The Balaban J connectivity index is 0.000000112. The molecule has 0 radical (unpaired) electrons. The first kappa shape index (κ1) is 92.5. The van der Waals surface area contributed by atoms with Crippen LogP contribution in [0.15, 0.2) is 142 Å². The number of hydrogen-bond donors (Lipinski definition) is 0. The van der Waals surface area contributed by atoms with E-state index in [1.807, 2.05) is 0 Å². The van der Waals surface area contributed by atoms with Gasteiger partial charge in [-0.15, -0.1) is 0 Å². The third-order valence-corrected chi connectivity index (χ3v) is 34.7. The lowest BCUT2D eigenvalue weighted by Crippen LogP contribution is -2.37. The van der Waals surface area contributed by atoms with Crippen LogP contribution in [-0.2, 0) is 52.7 Å². The molecule has 4 aliphatic heterocycles. The molecule has 678 valence electrons. The van der Waals surface area contributed by atoms with Gasteiger partial charge in [0.05, 0.1) is 0 Å². The highest BCUT2D eigenvalue weighted by Gasteiger charge is 2.47. The molecule has 15 heteroatoms. The molecule has 0 aromatic carbocycles. The highest BCUT2D eigenvalue weighted by Crippen LogP contribution is 2.55. The second kappa shape index (κ2) is 41.7. The van der Waals surface area contributed by atoms with Gasteiger partial charge < -0.3 is 14.3 Å². The van der Waals surface area contributed by atoms with Gasteiger partial charge in [-0.3, -0.25) is 58.0 Å². The fourth-order valence-corrected chi connectivity index (χ4v) is 26.2. The van der Waals surface area contributed by atoms with E-state index in [4.69, 9.17) is 4.74 Å². The monoisotopic (exact) mass is 1710 g/mol. The van der Waals surface area contributed by atoms with Gasteiger partial charge in [-0.1, -0.05) is 123 Å². The molecule has 0 aromatic rings. The van der Waals surface area contributed by atoms with Crippen molar-refractivity contribution in [2.75, 3.05) is 39.4 Å². The van der Waals surface area contributed by atoms with Gasteiger partial charge in [-0.2, -0.15) is 0 Å². The molecule has 0 spiro atoms. The summed E-state index contributed by atoms with van der Waals surface area (Å²) < 4.78 is 5.76. The third-order valence-electron chi connectivity index (χ3n) is 34.7. The van der Waals surface area contributed by atoms with Gasteiger partial charge in [0.25, 0.3) is 47.3 Å². The summed E-state index contributed by atoms with van der Waals surface area (Å²) in [6.45, 7) is 21.8. The maximum Gasteiger partial charge on any atom is 0.256 e. The number of nitrogens with zero attached hydrogens (tertiary/aromatic N) is 4. The molecule has 16 bridgehead atoms. The Bertz CT molecular complexity index is 4280. The number of imide groups is 4. The van der Waals surface area contributed by atoms with Crippen LogP contribution in [-0.4, -0.2) is 118 Å². The number of ether oxygens (including phenoxy) is 1. The topological polar surface area (TPSA) is 193 Å². The van der Waals surface area contributed by atoms with Crippen molar-refractivity contribution in [2.24, 2.45) is 154 Å². The lowest BCUT2D eigenvalue weighted by molar-refractivity contribution is -0.139. The molecule has 4 heterocycles. The largest absolute Gasteiger partial charge is 0.381 e. The van der Waals surface area contributed by atoms with Crippen LogP contribution in [0.3, 0.4) is 0 Å². The molecule has 125 heavy (non-hydrogen) atoms. The number of allylic oxidation sites excluding steroid dienone is 16. The van der Waals surface area contributed by atoms with Gasteiger partial charge in [-0.25, -0.2) is 0 Å². The van der Waals surface area contributed by atoms with Crippen molar-refractivity contribution < 1.29 is 52.7 Å². The quantitative estimate of drug-likeness (QED) is 0.0393. The number of rotatable bonds is 29. The van der Waals surface area contributed by atoms with Gasteiger partial charge in [0.15, 0.2) is 0 Å². The van der Waals surface area contributed by atoms with Gasteiger partial charge in [0.1, 0.15) is 11.6 Å². The second-order valence-corrected chi connectivity index (χ2v) is 43.4. The van der Waals surface area contributed by atoms with E-state index >= 15 is 0 Å². The van der Waals surface area contributed by atoms with E-state index in [0.717, 1.165) is 220 Å². The smallest absolute Gasteiger partial charge is 0.256 e. The summed E-state index contributed by atoms with van der Waals surface area (Å²) in [5.74, 6) is 22.1. The second-order valence-electron chi connectivity index (χ2n) is 43.4. The summed E-state index contributed by atoms with van der Waals surface area (Å²) in [6.07, 6.45) is 80.9. The lowest BCUT2D eigenvalue weighted by atomic mass is 9.88. The zero-order chi connectivity index (χ0) is 88.0. The highest BCUT2D eigenvalue weighted by atomic mass is 16.5. The molecule has 0 aromatic heterocycles. The summed E-state index contributed by atoms with van der Waals surface area (Å²) in [7, 11) is 0. The van der Waals surface area contributed by atoms with Crippen molar-refractivity contribution >= 4 is 58.8 Å². The number of carbonyl (C=O) groups excluding carboxylic acids is 10. The zero-order valence-corrected chi connectivity index (χ0v) is 77.8. The van der Waals surface area contributed by atoms with E-state index in [-0.39, 0.29) is 47.3 Å².